The number of carbonyl (C=O) groups is 1. The predicted molar refractivity (Wildman–Crippen MR) is 124 cm³/mol. The summed E-state index contributed by atoms with van der Waals surface area (Å²) >= 11 is 7.39. The molecule has 8 heteroatoms. The summed E-state index contributed by atoms with van der Waals surface area (Å²) in [7, 11) is 0. The van der Waals surface area contributed by atoms with Gasteiger partial charge in [0.1, 0.15) is 5.76 Å². The fourth-order valence-electron chi connectivity index (χ4n) is 3.95. The van der Waals surface area contributed by atoms with Gasteiger partial charge in [-0.25, -0.2) is 4.98 Å². The van der Waals surface area contributed by atoms with Crippen LogP contribution in [0.4, 0.5) is 0 Å². The van der Waals surface area contributed by atoms with Gasteiger partial charge < -0.3 is 9.73 Å². The maximum absolute atomic E-state index is 13.2. The molecule has 1 N–H and O–H groups in total. The third kappa shape index (κ3) is 5.33. The third-order valence-corrected chi connectivity index (χ3v) is 7.04. The Hall–Kier alpha value is -2.25. The van der Waals surface area contributed by atoms with E-state index in [1.807, 2.05) is 13.0 Å². The Morgan fingerprint density at radius 2 is 2.13 bits per heavy atom. The first-order valence-corrected chi connectivity index (χ1v) is 11.9. The lowest BCUT2D eigenvalue weighted by atomic mass is 9.89. The number of rotatable bonds is 7. The summed E-state index contributed by atoms with van der Waals surface area (Å²) in [4.78, 5) is 30.6. The summed E-state index contributed by atoms with van der Waals surface area (Å²) in [6, 6.07) is 8.63. The van der Waals surface area contributed by atoms with E-state index < -0.39 is 5.25 Å². The molecule has 1 aliphatic carbocycles. The molecule has 1 amide bonds. The molecule has 0 spiro atoms. The van der Waals surface area contributed by atoms with E-state index >= 15 is 0 Å². The number of hydrogen-bond acceptors (Lipinski definition) is 5. The summed E-state index contributed by atoms with van der Waals surface area (Å²) in [6.45, 7) is 2.80. The van der Waals surface area contributed by atoms with Crippen LogP contribution in [-0.4, -0.2) is 27.3 Å². The molecule has 1 aliphatic rings. The second kappa shape index (κ2) is 9.92. The molecule has 164 valence electrons. The van der Waals surface area contributed by atoms with Crippen LogP contribution < -0.4 is 10.9 Å². The number of aromatic nitrogens is 2. The van der Waals surface area contributed by atoms with Gasteiger partial charge in [-0.15, -0.1) is 0 Å². The number of fused-ring (bicyclic) bond motifs is 1. The Bertz CT molecular complexity index is 1110. The van der Waals surface area contributed by atoms with E-state index in [-0.39, 0.29) is 18.0 Å². The van der Waals surface area contributed by atoms with Crippen LogP contribution in [0.2, 0.25) is 5.02 Å². The van der Waals surface area contributed by atoms with E-state index in [0.717, 1.165) is 0 Å². The van der Waals surface area contributed by atoms with Crippen LogP contribution in [0.5, 0.6) is 0 Å². The summed E-state index contributed by atoms with van der Waals surface area (Å²) in [6.07, 6.45) is 7.71. The molecule has 1 atom stereocenters. The second-order valence-electron chi connectivity index (χ2n) is 8.04. The minimum Gasteiger partial charge on any atom is -0.467 e. The van der Waals surface area contributed by atoms with Gasteiger partial charge in [-0.1, -0.05) is 42.6 Å². The summed E-state index contributed by atoms with van der Waals surface area (Å²) in [5, 5.41) is 4.15. The van der Waals surface area contributed by atoms with Gasteiger partial charge in [-0.05, 0) is 56.0 Å². The van der Waals surface area contributed by atoms with E-state index in [1.165, 1.54) is 43.9 Å². The van der Waals surface area contributed by atoms with E-state index in [4.69, 9.17) is 16.0 Å². The van der Waals surface area contributed by atoms with Crippen LogP contribution in [0.1, 0.15) is 44.8 Å². The monoisotopic (exact) mass is 459 g/mol. The van der Waals surface area contributed by atoms with Gasteiger partial charge in [0.15, 0.2) is 5.16 Å². The number of carbonyl (C=O) groups excluding carboxylic acids is 1. The number of thioether (sulfide) groups is 1. The fraction of sp³-hybridized carbons (Fsp3) is 0.435. The van der Waals surface area contributed by atoms with Gasteiger partial charge in [-0.2, -0.15) is 0 Å². The highest BCUT2D eigenvalue weighted by Gasteiger charge is 2.21. The number of hydrogen-bond donors (Lipinski definition) is 1. The molecule has 0 radical (unpaired) electrons. The SMILES string of the molecule is CC(Sc1nc2cc(Cl)ccc2c(=O)n1Cc1ccco1)C(=O)NCC1CCCCC1. The van der Waals surface area contributed by atoms with E-state index in [1.54, 1.807) is 35.1 Å². The standard InChI is InChI=1S/C23H26ClN3O3S/c1-15(21(28)25-13-16-6-3-2-4-7-16)31-23-26-20-12-17(24)9-10-19(20)22(29)27(23)14-18-8-5-11-30-18/h5,8-12,15-16H,2-4,6-7,13-14H2,1H3,(H,25,28). The van der Waals surface area contributed by atoms with Crippen molar-refractivity contribution in [3.63, 3.8) is 0 Å². The minimum atomic E-state index is -0.394. The Labute approximate surface area is 190 Å². The van der Waals surface area contributed by atoms with Crippen molar-refractivity contribution in [3.8, 4) is 0 Å². The zero-order valence-electron chi connectivity index (χ0n) is 17.5. The molecule has 2 aromatic heterocycles. The highest BCUT2D eigenvalue weighted by Crippen LogP contribution is 2.26. The van der Waals surface area contributed by atoms with E-state index in [9.17, 15) is 9.59 Å². The Kier molecular flexibility index (Phi) is 7.02. The first kappa shape index (κ1) is 22.0. The minimum absolute atomic E-state index is 0.0411. The van der Waals surface area contributed by atoms with Crippen molar-refractivity contribution in [1.82, 2.24) is 14.9 Å². The van der Waals surface area contributed by atoms with Gasteiger partial charge in [0.25, 0.3) is 5.56 Å². The molecule has 1 aromatic carbocycles. The van der Waals surface area contributed by atoms with Crippen LogP contribution in [0.15, 0.2) is 51.0 Å². The highest BCUT2D eigenvalue weighted by molar-refractivity contribution is 8.00. The lowest BCUT2D eigenvalue weighted by Crippen LogP contribution is -2.35. The molecule has 0 aliphatic heterocycles. The summed E-state index contributed by atoms with van der Waals surface area (Å²) < 4.78 is 7.00. The average Bonchev–Trinajstić information content (AvgIpc) is 3.28. The molecule has 31 heavy (non-hydrogen) atoms. The molecule has 1 unspecified atom stereocenters. The van der Waals surface area contributed by atoms with E-state index in [0.29, 0.717) is 39.3 Å². The first-order chi connectivity index (χ1) is 15.0. The van der Waals surface area contributed by atoms with Crippen molar-refractivity contribution in [2.75, 3.05) is 6.54 Å². The molecule has 4 rings (SSSR count). The molecule has 1 fully saturated rings. The van der Waals surface area contributed by atoms with Gasteiger partial charge in [0, 0.05) is 11.6 Å². The number of benzene rings is 1. The number of halogens is 1. The van der Waals surface area contributed by atoms with Crippen LogP contribution in [-0.2, 0) is 11.3 Å². The Balaban J connectivity index is 1.57. The molecule has 3 aromatic rings. The third-order valence-electron chi connectivity index (χ3n) is 5.72. The van der Waals surface area contributed by atoms with E-state index in [2.05, 4.69) is 10.3 Å². The van der Waals surface area contributed by atoms with Gasteiger partial charge in [0.05, 0.1) is 29.0 Å². The second-order valence-corrected chi connectivity index (χ2v) is 9.78. The van der Waals surface area contributed by atoms with Gasteiger partial charge in [-0.3, -0.25) is 14.2 Å². The van der Waals surface area contributed by atoms with Crippen molar-refractivity contribution < 1.29 is 9.21 Å². The van der Waals surface area contributed by atoms with Crippen LogP contribution in [0.25, 0.3) is 10.9 Å². The highest BCUT2D eigenvalue weighted by atomic mass is 35.5. The number of furan rings is 1. The van der Waals surface area contributed by atoms with Crippen molar-refractivity contribution in [2.24, 2.45) is 5.92 Å². The smallest absolute Gasteiger partial charge is 0.262 e. The Morgan fingerprint density at radius 3 is 2.87 bits per heavy atom. The quantitative estimate of drug-likeness (QED) is 0.403. The van der Waals surface area contributed by atoms with Crippen LogP contribution in [0.3, 0.4) is 0 Å². The number of nitrogens with one attached hydrogen (secondary N) is 1. The average molecular weight is 460 g/mol. The summed E-state index contributed by atoms with van der Waals surface area (Å²) in [5.74, 6) is 1.17. The normalized spacial score (nSPS) is 15.8. The van der Waals surface area contributed by atoms with Crippen molar-refractivity contribution >= 4 is 40.2 Å². The zero-order valence-corrected chi connectivity index (χ0v) is 19.0. The van der Waals surface area contributed by atoms with Gasteiger partial charge in [0.2, 0.25) is 5.91 Å². The van der Waals surface area contributed by atoms with Crippen molar-refractivity contribution in [2.45, 2.75) is 56.0 Å². The lowest BCUT2D eigenvalue weighted by Gasteiger charge is -2.22. The van der Waals surface area contributed by atoms with Crippen molar-refractivity contribution in [1.29, 1.82) is 0 Å². The molecule has 1 saturated carbocycles. The first-order valence-electron chi connectivity index (χ1n) is 10.7. The molecule has 2 heterocycles. The molecule has 6 nitrogen and oxygen atoms in total. The topological polar surface area (TPSA) is 77.1 Å². The molecule has 0 saturated heterocycles. The Morgan fingerprint density at radius 1 is 1.32 bits per heavy atom. The predicted octanol–water partition coefficient (Wildman–Crippen LogP) is 4.87. The lowest BCUT2D eigenvalue weighted by molar-refractivity contribution is -0.120. The molecular weight excluding hydrogens is 434 g/mol. The molecular formula is C23H26ClN3O3S. The maximum atomic E-state index is 13.2. The van der Waals surface area contributed by atoms with Gasteiger partial charge >= 0.3 is 0 Å². The largest absolute Gasteiger partial charge is 0.467 e. The maximum Gasteiger partial charge on any atom is 0.262 e. The number of amides is 1. The number of nitrogens with zero attached hydrogens (tertiary/aromatic N) is 2. The summed E-state index contributed by atoms with van der Waals surface area (Å²) in [5.41, 5.74) is 0.334. The van der Waals surface area contributed by atoms with Crippen LogP contribution >= 0.6 is 23.4 Å². The zero-order chi connectivity index (χ0) is 21.8. The molecule has 0 bridgehead atoms. The fourth-order valence-corrected chi connectivity index (χ4v) is 5.05. The van der Waals surface area contributed by atoms with Crippen LogP contribution in [0, 0.1) is 5.92 Å². The van der Waals surface area contributed by atoms with Crippen molar-refractivity contribution in [3.05, 3.63) is 57.7 Å².